The van der Waals surface area contributed by atoms with E-state index < -0.39 is 0 Å². The molecule has 0 saturated heterocycles. The van der Waals surface area contributed by atoms with Crippen LogP contribution in [0.4, 0.5) is 11.4 Å². The van der Waals surface area contributed by atoms with Gasteiger partial charge >= 0.3 is 0 Å². The van der Waals surface area contributed by atoms with Crippen LogP contribution in [0.1, 0.15) is 0 Å². The highest BCUT2D eigenvalue weighted by atomic mass is 35.5. The first-order chi connectivity index (χ1) is 9.34. The summed E-state index contributed by atoms with van der Waals surface area (Å²) in [6.07, 6.45) is 0. The van der Waals surface area contributed by atoms with Gasteiger partial charge in [0.25, 0.3) is 0 Å². The molecule has 19 heavy (non-hydrogen) atoms. The summed E-state index contributed by atoms with van der Waals surface area (Å²) < 4.78 is 0. The molecule has 0 saturated carbocycles. The summed E-state index contributed by atoms with van der Waals surface area (Å²) in [5.74, 6) is 0.537. The number of hydrogen-bond acceptors (Lipinski definition) is 4. The molecule has 0 bridgehead atoms. The van der Waals surface area contributed by atoms with Gasteiger partial charge in [-0.05, 0) is 29.5 Å². The van der Waals surface area contributed by atoms with Gasteiger partial charge in [0.1, 0.15) is 0 Å². The summed E-state index contributed by atoms with van der Waals surface area (Å²) in [6, 6.07) is 15.3. The fourth-order valence-electron chi connectivity index (χ4n) is 1.77. The third-order valence-corrected chi connectivity index (χ3v) is 2.99. The maximum atomic E-state index is 6.14. The summed E-state index contributed by atoms with van der Waals surface area (Å²) in [6.45, 7) is 0. The van der Waals surface area contributed by atoms with Gasteiger partial charge in [-0.1, -0.05) is 35.9 Å². The third-order valence-electron chi connectivity index (χ3n) is 2.66. The number of para-hydroxylation sites is 2. The Morgan fingerprint density at radius 2 is 1.68 bits per heavy atom. The monoisotopic (exact) mass is 271 g/mol. The Morgan fingerprint density at radius 1 is 0.947 bits per heavy atom. The number of aromatic amines is 1. The molecule has 1 aromatic heterocycles. The highest BCUT2D eigenvalue weighted by molar-refractivity contribution is 6.33. The average Bonchev–Trinajstić information content (AvgIpc) is 2.96. The van der Waals surface area contributed by atoms with Crippen molar-refractivity contribution in [1.29, 1.82) is 0 Å². The van der Waals surface area contributed by atoms with Crippen LogP contribution in [0.15, 0.2) is 48.5 Å². The molecule has 0 radical (unpaired) electrons. The van der Waals surface area contributed by atoms with Crippen molar-refractivity contribution in [2.45, 2.75) is 0 Å². The van der Waals surface area contributed by atoms with E-state index in [1.807, 2.05) is 48.5 Å². The van der Waals surface area contributed by atoms with Crippen molar-refractivity contribution in [3.63, 3.8) is 0 Å². The Hall–Kier alpha value is -2.40. The lowest BCUT2D eigenvalue weighted by Gasteiger charge is -2.10. The number of tetrazole rings is 1. The number of H-pyrrole nitrogens is 1. The van der Waals surface area contributed by atoms with Gasteiger partial charge < -0.3 is 5.32 Å². The standard InChI is InChI=1S/C13H10ClN5/c14-10-6-2-4-8-12(10)15-11-7-3-1-5-9(11)13-16-18-19-17-13/h1-8,15H,(H,16,17,18,19). The maximum Gasteiger partial charge on any atom is 0.206 e. The van der Waals surface area contributed by atoms with E-state index in [1.54, 1.807) is 0 Å². The van der Waals surface area contributed by atoms with Crippen LogP contribution in [0.25, 0.3) is 11.4 Å². The number of anilines is 2. The number of aromatic nitrogens is 4. The van der Waals surface area contributed by atoms with Gasteiger partial charge in [-0.2, -0.15) is 5.21 Å². The van der Waals surface area contributed by atoms with E-state index in [9.17, 15) is 0 Å². The van der Waals surface area contributed by atoms with Crippen molar-refractivity contribution in [3.05, 3.63) is 53.6 Å². The minimum Gasteiger partial charge on any atom is -0.354 e. The third kappa shape index (κ3) is 2.41. The van der Waals surface area contributed by atoms with Crippen molar-refractivity contribution < 1.29 is 0 Å². The van der Waals surface area contributed by atoms with E-state index in [0.29, 0.717) is 10.8 Å². The van der Waals surface area contributed by atoms with E-state index in [2.05, 4.69) is 25.9 Å². The second-order valence-corrected chi connectivity index (χ2v) is 4.29. The van der Waals surface area contributed by atoms with Crippen LogP contribution in [0.3, 0.4) is 0 Å². The Bertz CT molecular complexity index is 681. The molecule has 0 aliphatic carbocycles. The Kier molecular flexibility index (Phi) is 3.12. The number of rotatable bonds is 3. The first kappa shape index (κ1) is 11.7. The predicted octanol–water partition coefficient (Wildman–Crippen LogP) is 3.26. The van der Waals surface area contributed by atoms with Gasteiger partial charge in [-0.25, -0.2) is 0 Å². The summed E-state index contributed by atoms with van der Waals surface area (Å²) in [7, 11) is 0. The minimum absolute atomic E-state index is 0.537. The summed E-state index contributed by atoms with van der Waals surface area (Å²) in [5.41, 5.74) is 2.56. The van der Waals surface area contributed by atoms with Crippen LogP contribution in [0.2, 0.25) is 5.02 Å². The van der Waals surface area contributed by atoms with Crippen LogP contribution < -0.4 is 5.32 Å². The predicted molar refractivity (Wildman–Crippen MR) is 74.3 cm³/mol. The Labute approximate surface area is 114 Å². The lowest BCUT2D eigenvalue weighted by molar-refractivity contribution is 0.881. The van der Waals surface area contributed by atoms with Crippen molar-refractivity contribution in [3.8, 4) is 11.4 Å². The van der Waals surface area contributed by atoms with Crippen molar-refractivity contribution >= 4 is 23.0 Å². The SMILES string of the molecule is Clc1ccccc1Nc1ccccc1-c1nn[nH]n1. The number of benzene rings is 2. The van der Waals surface area contributed by atoms with Crippen LogP contribution >= 0.6 is 11.6 Å². The summed E-state index contributed by atoms with van der Waals surface area (Å²) >= 11 is 6.14. The zero-order chi connectivity index (χ0) is 13.1. The molecule has 2 aromatic carbocycles. The zero-order valence-electron chi connectivity index (χ0n) is 9.84. The van der Waals surface area contributed by atoms with Gasteiger partial charge in [-0.15, -0.1) is 10.2 Å². The fraction of sp³-hybridized carbons (Fsp3) is 0. The van der Waals surface area contributed by atoms with Crippen molar-refractivity contribution in [2.24, 2.45) is 0 Å². The van der Waals surface area contributed by atoms with Gasteiger partial charge in [0.15, 0.2) is 0 Å². The number of nitrogens with one attached hydrogen (secondary N) is 2. The van der Waals surface area contributed by atoms with Crippen LogP contribution in [0.5, 0.6) is 0 Å². The zero-order valence-corrected chi connectivity index (χ0v) is 10.6. The Balaban J connectivity index is 2.00. The molecule has 0 atom stereocenters. The first-order valence-electron chi connectivity index (χ1n) is 5.69. The molecule has 0 unspecified atom stereocenters. The van der Waals surface area contributed by atoms with E-state index in [-0.39, 0.29) is 0 Å². The second kappa shape index (κ2) is 5.07. The molecule has 1 heterocycles. The van der Waals surface area contributed by atoms with Crippen molar-refractivity contribution in [2.75, 3.05) is 5.32 Å². The summed E-state index contributed by atoms with van der Waals surface area (Å²) in [4.78, 5) is 0. The largest absolute Gasteiger partial charge is 0.354 e. The first-order valence-corrected chi connectivity index (χ1v) is 6.07. The molecule has 0 amide bonds. The van der Waals surface area contributed by atoms with Crippen LogP contribution in [-0.4, -0.2) is 20.6 Å². The van der Waals surface area contributed by atoms with Gasteiger partial charge in [0.05, 0.1) is 10.7 Å². The molecule has 0 aliphatic heterocycles. The second-order valence-electron chi connectivity index (χ2n) is 3.89. The molecule has 6 heteroatoms. The van der Waals surface area contributed by atoms with Gasteiger partial charge in [0.2, 0.25) is 5.82 Å². The molecule has 5 nitrogen and oxygen atoms in total. The van der Waals surface area contributed by atoms with E-state index >= 15 is 0 Å². The lowest BCUT2D eigenvalue weighted by atomic mass is 10.1. The molecule has 94 valence electrons. The number of hydrogen-bond donors (Lipinski definition) is 2. The van der Waals surface area contributed by atoms with E-state index in [4.69, 9.17) is 11.6 Å². The molecular weight excluding hydrogens is 262 g/mol. The number of nitrogens with zero attached hydrogens (tertiary/aromatic N) is 3. The lowest BCUT2D eigenvalue weighted by Crippen LogP contribution is -1.94. The minimum atomic E-state index is 0.537. The molecule has 0 spiro atoms. The van der Waals surface area contributed by atoms with Gasteiger partial charge in [-0.3, -0.25) is 0 Å². The topological polar surface area (TPSA) is 66.5 Å². The molecule has 0 fully saturated rings. The highest BCUT2D eigenvalue weighted by Gasteiger charge is 2.09. The summed E-state index contributed by atoms with van der Waals surface area (Å²) in [5, 5.41) is 17.9. The average molecular weight is 272 g/mol. The molecule has 0 aliphatic rings. The number of halogens is 1. The van der Waals surface area contributed by atoms with E-state index in [1.165, 1.54) is 0 Å². The van der Waals surface area contributed by atoms with Crippen LogP contribution in [0, 0.1) is 0 Å². The molecule has 3 aromatic rings. The highest BCUT2D eigenvalue weighted by Crippen LogP contribution is 2.30. The van der Waals surface area contributed by atoms with Gasteiger partial charge in [0, 0.05) is 11.3 Å². The Morgan fingerprint density at radius 3 is 2.42 bits per heavy atom. The molecular formula is C13H10ClN5. The van der Waals surface area contributed by atoms with Crippen molar-refractivity contribution in [1.82, 2.24) is 20.6 Å². The normalized spacial score (nSPS) is 10.4. The van der Waals surface area contributed by atoms with Crippen LogP contribution in [-0.2, 0) is 0 Å². The fourth-order valence-corrected chi connectivity index (χ4v) is 1.95. The quantitative estimate of drug-likeness (QED) is 0.767. The maximum absolute atomic E-state index is 6.14. The van der Waals surface area contributed by atoms with E-state index in [0.717, 1.165) is 16.9 Å². The smallest absolute Gasteiger partial charge is 0.206 e. The molecule has 3 rings (SSSR count). The molecule has 2 N–H and O–H groups in total.